The van der Waals surface area contributed by atoms with Crippen molar-refractivity contribution in [3.63, 3.8) is 0 Å². The van der Waals surface area contributed by atoms with Crippen LogP contribution in [-0.2, 0) is 16.0 Å². The highest BCUT2D eigenvalue weighted by Gasteiger charge is 2.27. The molecule has 29 heavy (non-hydrogen) atoms. The first-order valence-electron chi connectivity index (χ1n) is 10.3. The number of ether oxygens (including phenoxy) is 1. The molecule has 5 nitrogen and oxygen atoms in total. The van der Waals surface area contributed by atoms with Gasteiger partial charge >= 0.3 is 0 Å². The molecule has 0 unspecified atom stereocenters. The molecule has 0 radical (unpaired) electrons. The Bertz CT molecular complexity index is 855. The summed E-state index contributed by atoms with van der Waals surface area (Å²) in [7, 11) is 0. The summed E-state index contributed by atoms with van der Waals surface area (Å²) in [6, 6.07) is 15.5. The van der Waals surface area contributed by atoms with Crippen LogP contribution < -0.4 is 10.1 Å². The molecule has 5 heteroatoms. The van der Waals surface area contributed by atoms with Crippen LogP contribution in [0.4, 0.5) is 5.69 Å². The van der Waals surface area contributed by atoms with Gasteiger partial charge in [-0.1, -0.05) is 42.0 Å². The lowest BCUT2D eigenvalue weighted by atomic mass is 9.95. The molecule has 1 heterocycles. The van der Waals surface area contributed by atoms with Crippen LogP contribution in [-0.4, -0.2) is 35.9 Å². The smallest absolute Gasteiger partial charge is 0.227 e. The van der Waals surface area contributed by atoms with Crippen molar-refractivity contribution in [2.75, 3.05) is 18.4 Å². The van der Waals surface area contributed by atoms with E-state index in [4.69, 9.17) is 4.74 Å². The van der Waals surface area contributed by atoms with Crippen LogP contribution in [0.5, 0.6) is 5.75 Å². The Morgan fingerprint density at radius 1 is 1.10 bits per heavy atom. The molecule has 1 aliphatic heterocycles. The molecule has 0 aliphatic carbocycles. The first-order chi connectivity index (χ1) is 13.9. The van der Waals surface area contributed by atoms with E-state index in [9.17, 15) is 9.59 Å². The number of benzene rings is 2. The number of carbonyl (C=O) groups excluding carboxylic acids is 2. The van der Waals surface area contributed by atoms with Gasteiger partial charge in [-0.15, -0.1) is 0 Å². The Morgan fingerprint density at radius 2 is 1.83 bits per heavy atom. The molecule has 154 valence electrons. The van der Waals surface area contributed by atoms with Crippen LogP contribution in [0.2, 0.25) is 0 Å². The molecule has 1 fully saturated rings. The summed E-state index contributed by atoms with van der Waals surface area (Å²) in [6.07, 6.45) is 1.81. The lowest BCUT2D eigenvalue weighted by Crippen LogP contribution is -2.42. The maximum absolute atomic E-state index is 12.7. The Labute approximate surface area is 173 Å². The van der Waals surface area contributed by atoms with Gasteiger partial charge in [0.25, 0.3) is 0 Å². The number of hydrogen-bond acceptors (Lipinski definition) is 3. The Kier molecular flexibility index (Phi) is 6.91. The third-order valence-electron chi connectivity index (χ3n) is 5.16. The minimum Gasteiger partial charge on any atom is -0.489 e. The first kappa shape index (κ1) is 20.9. The van der Waals surface area contributed by atoms with E-state index in [0.29, 0.717) is 43.8 Å². The zero-order valence-corrected chi connectivity index (χ0v) is 17.5. The number of nitrogens with one attached hydrogen (secondary N) is 1. The summed E-state index contributed by atoms with van der Waals surface area (Å²) in [6.45, 7) is 7.19. The maximum Gasteiger partial charge on any atom is 0.227 e. The van der Waals surface area contributed by atoms with Crippen molar-refractivity contribution in [1.29, 1.82) is 0 Å². The number of para-hydroxylation sites is 2. The Balaban J connectivity index is 1.53. The average Bonchev–Trinajstić information content (AvgIpc) is 2.69. The fraction of sp³-hybridized carbons (Fsp3) is 0.417. The second-order valence-corrected chi connectivity index (χ2v) is 7.97. The van der Waals surface area contributed by atoms with Crippen LogP contribution in [0, 0.1) is 12.8 Å². The van der Waals surface area contributed by atoms with Crippen LogP contribution >= 0.6 is 0 Å². The second-order valence-electron chi connectivity index (χ2n) is 7.97. The van der Waals surface area contributed by atoms with Gasteiger partial charge in [-0.25, -0.2) is 0 Å². The van der Waals surface area contributed by atoms with Gasteiger partial charge in [0.2, 0.25) is 11.8 Å². The van der Waals surface area contributed by atoms with Gasteiger partial charge in [-0.2, -0.15) is 0 Å². The average molecular weight is 395 g/mol. The Hall–Kier alpha value is -2.82. The Morgan fingerprint density at radius 3 is 2.52 bits per heavy atom. The van der Waals surface area contributed by atoms with Gasteiger partial charge < -0.3 is 15.0 Å². The van der Waals surface area contributed by atoms with Crippen LogP contribution in [0.1, 0.15) is 37.8 Å². The SMILES string of the molecule is Cc1cccc(CC(=O)N2CCC(C(=O)Nc3ccccc3OC(C)C)CC2)c1. The molecule has 0 saturated carbocycles. The van der Waals surface area contributed by atoms with Gasteiger partial charge in [-0.3, -0.25) is 9.59 Å². The van der Waals surface area contributed by atoms with E-state index in [0.717, 1.165) is 11.1 Å². The second kappa shape index (κ2) is 9.59. The lowest BCUT2D eigenvalue weighted by molar-refractivity contribution is -0.133. The highest BCUT2D eigenvalue weighted by molar-refractivity contribution is 5.94. The lowest BCUT2D eigenvalue weighted by Gasteiger charge is -2.31. The van der Waals surface area contributed by atoms with Crippen LogP contribution in [0.15, 0.2) is 48.5 Å². The van der Waals surface area contributed by atoms with E-state index in [1.165, 1.54) is 0 Å². The van der Waals surface area contributed by atoms with E-state index in [1.807, 2.05) is 68.1 Å². The van der Waals surface area contributed by atoms with Gasteiger partial charge in [0.05, 0.1) is 18.2 Å². The van der Waals surface area contributed by atoms with Gasteiger partial charge in [-0.05, 0) is 51.3 Å². The fourth-order valence-electron chi connectivity index (χ4n) is 3.66. The molecule has 3 rings (SSSR count). The molecule has 0 atom stereocenters. The summed E-state index contributed by atoms with van der Waals surface area (Å²) in [5, 5.41) is 3.01. The molecule has 2 aromatic carbocycles. The highest BCUT2D eigenvalue weighted by atomic mass is 16.5. The topological polar surface area (TPSA) is 58.6 Å². The quantitative estimate of drug-likeness (QED) is 0.799. The molecule has 2 aromatic rings. The summed E-state index contributed by atoms with van der Waals surface area (Å²) < 4.78 is 5.78. The minimum atomic E-state index is -0.0925. The highest BCUT2D eigenvalue weighted by Crippen LogP contribution is 2.27. The molecular formula is C24H30N2O3. The largest absolute Gasteiger partial charge is 0.489 e. The number of rotatable bonds is 6. The number of anilines is 1. The van der Waals surface area contributed by atoms with Crippen molar-refractivity contribution in [3.8, 4) is 5.75 Å². The molecule has 1 N–H and O–H groups in total. The maximum atomic E-state index is 12.7. The van der Waals surface area contributed by atoms with Gasteiger partial charge in [0, 0.05) is 19.0 Å². The normalized spacial score (nSPS) is 14.7. The standard InChI is InChI=1S/C24H30N2O3/c1-17(2)29-22-10-5-4-9-21(22)25-24(28)20-11-13-26(14-12-20)23(27)16-19-8-6-7-18(3)15-19/h4-10,15,17,20H,11-14,16H2,1-3H3,(H,25,28). The predicted molar refractivity (Wildman–Crippen MR) is 115 cm³/mol. The van der Waals surface area contributed by atoms with Crippen LogP contribution in [0.25, 0.3) is 0 Å². The first-order valence-corrected chi connectivity index (χ1v) is 10.3. The molecule has 2 amide bonds. The fourth-order valence-corrected chi connectivity index (χ4v) is 3.66. The van der Waals surface area contributed by atoms with E-state index in [-0.39, 0.29) is 23.8 Å². The van der Waals surface area contributed by atoms with Crippen molar-refractivity contribution in [2.45, 2.75) is 46.1 Å². The zero-order valence-electron chi connectivity index (χ0n) is 17.5. The van der Waals surface area contributed by atoms with Crippen molar-refractivity contribution in [2.24, 2.45) is 5.92 Å². The third kappa shape index (κ3) is 5.83. The third-order valence-corrected chi connectivity index (χ3v) is 5.16. The van der Waals surface area contributed by atoms with E-state index in [2.05, 4.69) is 11.4 Å². The molecule has 0 aromatic heterocycles. The van der Waals surface area contributed by atoms with Crippen molar-refractivity contribution >= 4 is 17.5 Å². The predicted octanol–water partition coefficient (Wildman–Crippen LogP) is 4.20. The van der Waals surface area contributed by atoms with Crippen molar-refractivity contribution in [1.82, 2.24) is 4.90 Å². The summed E-state index contributed by atoms with van der Waals surface area (Å²) >= 11 is 0. The number of amides is 2. The van der Waals surface area contributed by atoms with Crippen molar-refractivity contribution < 1.29 is 14.3 Å². The number of nitrogens with zero attached hydrogens (tertiary/aromatic N) is 1. The summed E-state index contributed by atoms with van der Waals surface area (Å²) in [5.74, 6) is 0.715. The molecule has 1 saturated heterocycles. The van der Waals surface area contributed by atoms with Gasteiger partial charge in [0.1, 0.15) is 5.75 Å². The molecule has 0 spiro atoms. The molecule has 1 aliphatic rings. The number of aryl methyl sites for hydroxylation is 1. The van der Waals surface area contributed by atoms with E-state index >= 15 is 0 Å². The van der Waals surface area contributed by atoms with Crippen molar-refractivity contribution in [3.05, 3.63) is 59.7 Å². The number of piperidine rings is 1. The summed E-state index contributed by atoms with van der Waals surface area (Å²) in [5.41, 5.74) is 2.90. The van der Waals surface area contributed by atoms with E-state index in [1.54, 1.807) is 0 Å². The molecular weight excluding hydrogens is 364 g/mol. The minimum absolute atomic E-state index is 0.00408. The number of carbonyl (C=O) groups is 2. The number of likely N-dealkylation sites (tertiary alicyclic amines) is 1. The van der Waals surface area contributed by atoms with Gasteiger partial charge in [0.15, 0.2) is 0 Å². The molecule has 0 bridgehead atoms. The summed E-state index contributed by atoms with van der Waals surface area (Å²) in [4.78, 5) is 27.2. The van der Waals surface area contributed by atoms with E-state index < -0.39 is 0 Å². The number of hydrogen-bond donors (Lipinski definition) is 1. The zero-order chi connectivity index (χ0) is 20.8. The monoisotopic (exact) mass is 394 g/mol. The van der Waals surface area contributed by atoms with Crippen LogP contribution in [0.3, 0.4) is 0 Å².